The first-order chi connectivity index (χ1) is 12.2. The maximum atomic E-state index is 12.7. The van der Waals surface area contributed by atoms with Crippen molar-refractivity contribution in [3.8, 4) is 17.2 Å². The summed E-state index contributed by atoms with van der Waals surface area (Å²) in [5.74, 6) is 3.08. The maximum Gasteiger partial charge on any atom is 0.252 e. The molecule has 1 aromatic carbocycles. The van der Waals surface area contributed by atoms with Gasteiger partial charge in [-0.1, -0.05) is 0 Å². The van der Waals surface area contributed by atoms with Crippen molar-refractivity contribution < 1.29 is 19.0 Å². The van der Waals surface area contributed by atoms with E-state index in [1.165, 1.54) is 7.11 Å². The van der Waals surface area contributed by atoms with E-state index in [1.54, 1.807) is 12.1 Å². The van der Waals surface area contributed by atoms with Crippen molar-refractivity contribution in [3.05, 3.63) is 29.3 Å². The molecule has 0 fully saturated rings. The third-order valence-corrected chi connectivity index (χ3v) is 4.46. The molecule has 8 nitrogen and oxygen atoms in total. The van der Waals surface area contributed by atoms with Crippen LogP contribution in [0.2, 0.25) is 0 Å². The quantitative estimate of drug-likeness (QED) is 0.904. The van der Waals surface area contributed by atoms with Crippen LogP contribution in [0.5, 0.6) is 17.2 Å². The number of aryl methyl sites for hydroxylation is 1. The van der Waals surface area contributed by atoms with Crippen LogP contribution >= 0.6 is 0 Å². The number of hydrogen-bond donors (Lipinski definition) is 1. The van der Waals surface area contributed by atoms with Crippen LogP contribution in [0.3, 0.4) is 0 Å². The van der Waals surface area contributed by atoms with Gasteiger partial charge >= 0.3 is 0 Å². The molecular weight excluding hydrogens is 324 g/mol. The zero-order chi connectivity index (χ0) is 17.4. The molecule has 1 atom stereocenters. The number of hydrogen-bond acceptors (Lipinski definition) is 6. The molecule has 1 aromatic heterocycles. The third-order valence-electron chi connectivity index (χ3n) is 4.46. The van der Waals surface area contributed by atoms with Gasteiger partial charge in [0.15, 0.2) is 17.3 Å². The van der Waals surface area contributed by atoms with E-state index in [4.69, 9.17) is 14.2 Å². The number of aromatic nitrogens is 3. The molecule has 0 saturated heterocycles. The second kappa shape index (κ2) is 6.27. The van der Waals surface area contributed by atoms with E-state index in [9.17, 15) is 4.79 Å². The number of nitrogens with one attached hydrogen (secondary N) is 1. The molecule has 0 radical (unpaired) electrons. The predicted octanol–water partition coefficient (Wildman–Crippen LogP) is 1.50. The van der Waals surface area contributed by atoms with Gasteiger partial charge in [-0.25, -0.2) is 0 Å². The number of methoxy groups -OCH3 is 1. The summed E-state index contributed by atoms with van der Waals surface area (Å²) in [4.78, 5) is 12.7. The average Bonchev–Trinajstić information content (AvgIpc) is 3.24. The molecular formula is C17H20N4O4. The van der Waals surface area contributed by atoms with E-state index in [0.29, 0.717) is 36.0 Å². The van der Waals surface area contributed by atoms with Crippen LogP contribution in [0.25, 0.3) is 0 Å². The van der Waals surface area contributed by atoms with Gasteiger partial charge in [0, 0.05) is 18.5 Å². The Labute approximate surface area is 145 Å². The van der Waals surface area contributed by atoms with Crippen molar-refractivity contribution in [2.45, 2.75) is 32.4 Å². The first-order valence-electron chi connectivity index (χ1n) is 8.38. The SMILES string of the molecule is COc1cc(C(=O)NC(C)c2nnc3n2CCC3)cc2c1OCCO2. The smallest absolute Gasteiger partial charge is 0.252 e. The fourth-order valence-electron chi connectivity index (χ4n) is 3.24. The lowest BCUT2D eigenvalue weighted by atomic mass is 10.1. The van der Waals surface area contributed by atoms with Crippen LogP contribution in [0, 0.1) is 0 Å². The van der Waals surface area contributed by atoms with Crippen LogP contribution in [-0.2, 0) is 13.0 Å². The van der Waals surface area contributed by atoms with Crippen LogP contribution in [-0.4, -0.2) is 41.0 Å². The van der Waals surface area contributed by atoms with Crippen molar-refractivity contribution >= 4 is 5.91 Å². The highest BCUT2D eigenvalue weighted by atomic mass is 16.6. The van der Waals surface area contributed by atoms with Gasteiger partial charge in [-0.05, 0) is 25.5 Å². The topological polar surface area (TPSA) is 87.5 Å². The van der Waals surface area contributed by atoms with E-state index in [1.807, 2.05) is 6.92 Å². The van der Waals surface area contributed by atoms with Crippen LogP contribution in [0.4, 0.5) is 0 Å². The molecule has 3 heterocycles. The largest absolute Gasteiger partial charge is 0.493 e. The van der Waals surface area contributed by atoms with Crippen molar-refractivity contribution in [2.24, 2.45) is 0 Å². The Hall–Kier alpha value is -2.77. The Morgan fingerprint density at radius 1 is 1.32 bits per heavy atom. The minimum absolute atomic E-state index is 0.224. The Bertz CT molecular complexity index is 800. The normalized spacial score (nSPS) is 16.2. The van der Waals surface area contributed by atoms with Gasteiger partial charge in [0.05, 0.1) is 13.2 Å². The van der Waals surface area contributed by atoms with Crippen LogP contribution in [0.15, 0.2) is 12.1 Å². The summed E-state index contributed by atoms with van der Waals surface area (Å²) in [5.41, 5.74) is 0.453. The molecule has 0 aliphatic carbocycles. The van der Waals surface area contributed by atoms with Crippen molar-refractivity contribution in [1.82, 2.24) is 20.1 Å². The number of ether oxygens (including phenoxy) is 3. The van der Waals surface area contributed by atoms with Gasteiger partial charge in [-0.15, -0.1) is 10.2 Å². The summed E-state index contributed by atoms with van der Waals surface area (Å²) < 4.78 is 18.6. The fourth-order valence-corrected chi connectivity index (χ4v) is 3.24. The molecule has 0 saturated carbocycles. The van der Waals surface area contributed by atoms with Gasteiger partial charge in [0.1, 0.15) is 19.0 Å². The summed E-state index contributed by atoms with van der Waals surface area (Å²) in [6.45, 7) is 3.71. The minimum atomic E-state index is -0.244. The standard InChI is InChI=1S/C17H20N4O4/c1-10(16-20-19-14-4-3-5-21(14)16)18-17(22)11-8-12(23-2)15-13(9-11)24-6-7-25-15/h8-10H,3-7H2,1-2H3,(H,18,22). The highest BCUT2D eigenvalue weighted by Crippen LogP contribution is 2.40. The zero-order valence-corrected chi connectivity index (χ0v) is 14.2. The van der Waals surface area contributed by atoms with Crippen molar-refractivity contribution in [3.63, 3.8) is 0 Å². The molecule has 8 heteroatoms. The number of nitrogens with zero attached hydrogens (tertiary/aromatic N) is 3. The van der Waals surface area contributed by atoms with E-state index in [0.717, 1.165) is 31.0 Å². The van der Waals surface area contributed by atoms with Gasteiger partial charge in [-0.2, -0.15) is 0 Å². The molecule has 0 bridgehead atoms. The molecule has 25 heavy (non-hydrogen) atoms. The maximum absolute atomic E-state index is 12.7. The Morgan fingerprint density at radius 2 is 2.16 bits per heavy atom. The monoisotopic (exact) mass is 344 g/mol. The van der Waals surface area contributed by atoms with Crippen LogP contribution < -0.4 is 19.5 Å². The van der Waals surface area contributed by atoms with Gasteiger partial charge in [-0.3, -0.25) is 4.79 Å². The minimum Gasteiger partial charge on any atom is -0.493 e. The summed E-state index contributed by atoms with van der Waals surface area (Å²) in [6.07, 6.45) is 2.00. The predicted molar refractivity (Wildman–Crippen MR) is 88.2 cm³/mol. The average molecular weight is 344 g/mol. The van der Waals surface area contributed by atoms with Crippen molar-refractivity contribution in [2.75, 3.05) is 20.3 Å². The second-order valence-corrected chi connectivity index (χ2v) is 6.13. The number of benzene rings is 1. The zero-order valence-electron chi connectivity index (χ0n) is 14.2. The Kier molecular flexibility index (Phi) is 3.95. The lowest BCUT2D eigenvalue weighted by Crippen LogP contribution is -2.29. The molecule has 4 rings (SSSR count). The Balaban J connectivity index is 1.56. The first kappa shape index (κ1) is 15.7. The molecule has 2 aromatic rings. The summed E-state index contributed by atoms with van der Waals surface area (Å²) >= 11 is 0. The van der Waals surface area contributed by atoms with Crippen molar-refractivity contribution in [1.29, 1.82) is 0 Å². The molecule has 0 spiro atoms. The highest BCUT2D eigenvalue weighted by Gasteiger charge is 2.25. The summed E-state index contributed by atoms with van der Waals surface area (Å²) in [6, 6.07) is 3.09. The number of fused-ring (bicyclic) bond motifs is 2. The van der Waals surface area contributed by atoms with E-state index in [-0.39, 0.29) is 11.9 Å². The summed E-state index contributed by atoms with van der Waals surface area (Å²) in [7, 11) is 1.54. The lowest BCUT2D eigenvalue weighted by molar-refractivity contribution is 0.0935. The molecule has 2 aliphatic rings. The number of amides is 1. The molecule has 1 amide bonds. The Morgan fingerprint density at radius 3 is 3.00 bits per heavy atom. The van der Waals surface area contributed by atoms with E-state index < -0.39 is 0 Å². The molecule has 1 N–H and O–H groups in total. The van der Waals surface area contributed by atoms with E-state index >= 15 is 0 Å². The van der Waals surface area contributed by atoms with Gasteiger partial charge in [0.25, 0.3) is 5.91 Å². The molecule has 2 aliphatic heterocycles. The number of carbonyl (C=O) groups excluding carboxylic acids is 1. The van der Waals surface area contributed by atoms with Gasteiger partial charge in [0.2, 0.25) is 5.75 Å². The lowest BCUT2D eigenvalue weighted by Gasteiger charge is -2.21. The third kappa shape index (κ3) is 2.77. The van der Waals surface area contributed by atoms with Crippen LogP contribution in [0.1, 0.15) is 41.4 Å². The molecule has 1 unspecified atom stereocenters. The first-order valence-corrected chi connectivity index (χ1v) is 8.38. The fraction of sp³-hybridized carbons (Fsp3) is 0.471. The second-order valence-electron chi connectivity index (χ2n) is 6.13. The van der Waals surface area contributed by atoms with Gasteiger partial charge < -0.3 is 24.1 Å². The highest BCUT2D eigenvalue weighted by molar-refractivity contribution is 5.95. The van der Waals surface area contributed by atoms with E-state index in [2.05, 4.69) is 20.1 Å². The number of rotatable bonds is 4. The molecule has 132 valence electrons. The summed E-state index contributed by atoms with van der Waals surface area (Å²) in [5, 5.41) is 11.4. The number of carbonyl (C=O) groups is 1.